The lowest BCUT2D eigenvalue weighted by Crippen LogP contribution is -2.10. The van der Waals surface area contributed by atoms with Crippen LogP contribution in [0, 0.1) is 0 Å². The molecule has 0 aliphatic carbocycles. The quantitative estimate of drug-likeness (QED) is 0.753. The summed E-state index contributed by atoms with van der Waals surface area (Å²) in [6.45, 7) is 0. The molecule has 0 unspecified atom stereocenters. The second-order valence-electron chi connectivity index (χ2n) is 4.51. The van der Waals surface area contributed by atoms with Crippen LogP contribution in [0.1, 0.15) is 11.5 Å². The molecule has 0 saturated heterocycles. The van der Waals surface area contributed by atoms with Gasteiger partial charge in [-0.2, -0.15) is 0 Å². The minimum atomic E-state index is -0.326. The lowest BCUT2D eigenvalue weighted by molar-refractivity contribution is 0.472. The van der Waals surface area contributed by atoms with Gasteiger partial charge in [0.1, 0.15) is 5.75 Å². The average Bonchev–Trinajstić information content (AvgIpc) is 2.50. The minimum absolute atomic E-state index is 0.0578. The number of rotatable bonds is 2. The molecule has 0 spiro atoms. The third-order valence-electron chi connectivity index (χ3n) is 2.94. The summed E-state index contributed by atoms with van der Waals surface area (Å²) in [6, 6.07) is 7.93. The van der Waals surface area contributed by atoms with Crippen LogP contribution in [0.4, 0.5) is 0 Å². The number of H-pyrrole nitrogens is 1. The zero-order valence-corrected chi connectivity index (χ0v) is 12.6. The van der Waals surface area contributed by atoms with E-state index in [0.717, 1.165) is 0 Å². The highest BCUT2D eigenvalue weighted by Crippen LogP contribution is 2.21. The van der Waals surface area contributed by atoms with E-state index in [4.69, 9.17) is 23.2 Å². The normalized spacial score (nSPS) is 11.8. The van der Waals surface area contributed by atoms with Crippen LogP contribution in [-0.4, -0.2) is 20.1 Å². The number of aromatic hydroxyl groups is 1. The Kier molecular flexibility index (Phi) is 3.83. The van der Waals surface area contributed by atoms with Crippen molar-refractivity contribution in [3.63, 3.8) is 0 Å². The maximum absolute atomic E-state index is 12.1. The van der Waals surface area contributed by atoms with E-state index in [0.29, 0.717) is 21.6 Å². The van der Waals surface area contributed by atoms with Crippen molar-refractivity contribution in [2.75, 3.05) is 0 Å². The molecule has 0 aliphatic heterocycles. The predicted octanol–water partition coefficient (Wildman–Crippen LogP) is 3.41. The molecule has 2 aromatic heterocycles. The topological polar surface area (TPSA) is 78.9 Å². The van der Waals surface area contributed by atoms with E-state index in [-0.39, 0.29) is 22.2 Å². The van der Waals surface area contributed by atoms with Crippen LogP contribution >= 0.6 is 23.2 Å². The van der Waals surface area contributed by atoms with Gasteiger partial charge in [-0.3, -0.25) is 9.78 Å². The first-order valence-corrected chi connectivity index (χ1v) is 7.01. The van der Waals surface area contributed by atoms with Crippen LogP contribution in [0.2, 0.25) is 5.02 Å². The summed E-state index contributed by atoms with van der Waals surface area (Å²) in [5.74, 6) is 0.291. The summed E-state index contributed by atoms with van der Waals surface area (Å²) in [5, 5.41) is 10.3. The Labute approximate surface area is 134 Å². The van der Waals surface area contributed by atoms with E-state index in [2.05, 4.69) is 15.0 Å². The summed E-state index contributed by atoms with van der Waals surface area (Å²) >= 11 is 12.1. The molecule has 22 heavy (non-hydrogen) atoms. The highest BCUT2D eigenvalue weighted by Gasteiger charge is 2.07. The maximum Gasteiger partial charge on any atom is 0.259 e. The molecule has 1 aromatic carbocycles. The van der Waals surface area contributed by atoms with Crippen LogP contribution in [0.25, 0.3) is 22.0 Å². The lowest BCUT2D eigenvalue weighted by Gasteiger charge is -2.02. The first kappa shape index (κ1) is 14.6. The van der Waals surface area contributed by atoms with E-state index >= 15 is 0 Å². The number of aromatic nitrogens is 3. The summed E-state index contributed by atoms with van der Waals surface area (Å²) in [6.07, 6.45) is 2.84. The van der Waals surface area contributed by atoms with Gasteiger partial charge >= 0.3 is 0 Å². The van der Waals surface area contributed by atoms with Gasteiger partial charge in [-0.05, 0) is 36.4 Å². The third-order valence-corrected chi connectivity index (χ3v) is 3.46. The fourth-order valence-electron chi connectivity index (χ4n) is 1.91. The molecule has 2 heterocycles. The number of nitrogens with zero attached hydrogens (tertiary/aromatic N) is 2. The van der Waals surface area contributed by atoms with Crippen molar-refractivity contribution >= 4 is 45.2 Å². The van der Waals surface area contributed by atoms with Crippen molar-refractivity contribution in [2.24, 2.45) is 0 Å². The molecule has 7 heteroatoms. The third kappa shape index (κ3) is 2.95. The minimum Gasteiger partial charge on any atom is -0.506 e. The highest BCUT2D eigenvalue weighted by molar-refractivity contribution is 6.50. The van der Waals surface area contributed by atoms with Crippen molar-refractivity contribution in [2.45, 2.75) is 0 Å². The smallest absolute Gasteiger partial charge is 0.259 e. The fourth-order valence-corrected chi connectivity index (χ4v) is 2.28. The Morgan fingerprint density at radius 3 is 2.82 bits per heavy atom. The summed E-state index contributed by atoms with van der Waals surface area (Å²) in [7, 11) is 0. The number of hydrogen-bond acceptors (Lipinski definition) is 4. The number of aromatic amines is 1. The number of halogens is 2. The van der Waals surface area contributed by atoms with Gasteiger partial charge in [0.25, 0.3) is 5.56 Å². The van der Waals surface area contributed by atoms with Gasteiger partial charge in [0, 0.05) is 5.02 Å². The Balaban J connectivity index is 2.07. The zero-order chi connectivity index (χ0) is 15.7. The molecule has 0 amide bonds. The molecular formula is C15H9Cl2N3O2. The fraction of sp³-hybridized carbons (Fsp3) is 0. The summed E-state index contributed by atoms with van der Waals surface area (Å²) < 4.78 is 0. The number of hydrogen-bond donors (Lipinski definition) is 2. The molecule has 0 atom stereocenters. The standard InChI is InChI=1S/C15H9Cl2N3O2/c16-8-1-4-13-11(5-8)15(22)20-14(19-13)12(17)6-9-2-3-10(21)7-18-9/h1-7,21H,(H,19,20,22). The van der Waals surface area contributed by atoms with Crippen LogP contribution in [0.3, 0.4) is 0 Å². The Hall–Kier alpha value is -2.37. The monoisotopic (exact) mass is 333 g/mol. The van der Waals surface area contributed by atoms with Gasteiger partial charge in [0.2, 0.25) is 0 Å². The second-order valence-corrected chi connectivity index (χ2v) is 5.35. The molecule has 0 bridgehead atoms. The van der Waals surface area contributed by atoms with E-state index in [1.807, 2.05) is 0 Å². The molecule has 2 N–H and O–H groups in total. The SMILES string of the molecule is O=c1[nH]c(C(Cl)=Cc2ccc(O)cn2)nc2ccc(Cl)cc12. The Bertz CT molecular complexity index is 934. The highest BCUT2D eigenvalue weighted by atomic mass is 35.5. The largest absolute Gasteiger partial charge is 0.506 e. The van der Waals surface area contributed by atoms with Crippen molar-refractivity contribution in [1.29, 1.82) is 0 Å². The van der Waals surface area contributed by atoms with E-state index < -0.39 is 0 Å². The summed E-state index contributed by atoms with van der Waals surface area (Å²) in [4.78, 5) is 23.0. The zero-order valence-electron chi connectivity index (χ0n) is 11.0. The van der Waals surface area contributed by atoms with E-state index in [1.165, 1.54) is 12.3 Å². The van der Waals surface area contributed by atoms with Crippen molar-refractivity contribution in [1.82, 2.24) is 15.0 Å². The van der Waals surface area contributed by atoms with Gasteiger partial charge < -0.3 is 10.1 Å². The van der Waals surface area contributed by atoms with Gasteiger partial charge in [-0.15, -0.1) is 0 Å². The van der Waals surface area contributed by atoms with Crippen molar-refractivity contribution < 1.29 is 5.11 Å². The Morgan fingerprint density at radius 2 is 2.09 bits per heavy atom. The number of pyridine rings is 1. The van der Waals surface area contributed by atoms with Gasteiger partial charge in [0.05, 0.1) is 27.8 Å². The average molecular weight is 334 g/mol. The van der Waals surface area contributed by atoms with E-state index in [9.17, 15) is 9.90 Å². The molecule has 3 aromatic rings. The van der Waals surface area contributed by atoms with Crippen LogP contribution in [-0.2, 0) is 0 Å². The lowest BCUT2D eigenvalue weighted by atomic mass is 10.2. The Morgan fingerprint density at radius 1 is 1.27 bits per heavy atom. The van der Waals surface area contributed by atoms with Crippen LogP contribution in [0.15, 0.2) is 41.3 Å². The molecule has 0 fully saturated rings. The van der Waals surface area contributed by atoms with Gasteiger partial charge in [0.15, 0.2) is 5.82 Å². The molecule has 5 nitrogen and oxygen atoms in total. The van der Waals surface area contributed by atoms with E-state index in [1.54, 1.807) is 30.3 Å². The molecule has 110 valence electrons. The van der Waals surface area contributed by atoms with Crippen LogP contribution < -0.4 is 5.56 Å². The first-order chi connectivity index (χ1) is 10.5. The van der Waals surface area contributed by atoms with Crippen molar-refractivity contribution in [3.8, 4) is 5.75 Å². The summed E-state index contributed by atoms with van der Waals surface area (Å²) in [5.41, 5.74) is 0.697. The number of nitrogens with one attached hydrogen (secondary N) is 1. The number of benzene rings is 1. The van der Waals surface area contributed by atoms with Crippen LogP contribution in [0.5, 0.6) is 5.75 Å². The molecule has 0 radical (unpaired) electrons. The molecular weight excluding hydrogens is 325 g/mol. The maximum atomic E-state index is 12.1. The van der Waals surface area contributed by atoms with Gasteiger partial charge in [-0.1, -0.05) is 23.2 Å². The number of fused-ring (bicyclic) bond motifs is 1. The second kappa shape index (κ2) is 5.79. The molecule has 0 aliphatic rings. The first-order valence-electron chi connectivity index (χ1n) is 6.25. The molecule has 3 rings (SSSR count). The van der Waals surface area contributed by atoms with Crippen molar-refractivity contribution in [3.05, 3.63) is 63.4 Å². The molecule has 0 saturated carbocycles. The van der Waals surface area contributed by atoms with Gasteiger partial charge in [-0.25, -0.2) is 4.98 Å². The predicted molar refractivity (Wildman–Crippen MR) is 87.0 cm³/mol.